The van der Waals surface area contributed by atoms with Crippen LogP contribution in [-0.4, -0.2) is 45.6 Å². The summed E-state index contributed by atoms with van der Waals surface area (Å²) in [5.74, 6) is 2.75. The molecule has 166 valence electrons. The van der Waals surface area contributed by atoms with Gasteiger partial charge >= 0.3 is 0 Å². The van der Waals surface area contributed by atoms with E-state index in [2.05, 4.69) is 54.5 Å². The molecule has 2 aliphatic rings. The van der Waals surface area contributed by atoms with Gasteiger partial charge in [0.2, 0.25) is 0 Å². The summed E-state index contributed by atoms with van der Waals surface area (Å²) < 4.78 is 1.98. The van der Waals surface area contributed by atoms with Crippen molar-refractivity contribution in [1.82, 2.24) is 19.4 Å². The Morgan fingerprint density at radius 1 is 1.12 bits per heavy atom. The van der Waals surface area contributed by atoms with Crippen molar-refractivity contribution < 1.29 is 0 Å². The highest BCUT2D eigenvalue weighted by Crippen LogP contribution is 2.35. The van der Waals surface area contributed by atoms with Crippen molar-refractivity contribution in [2.24, 2.45) is 5.92 Å². The molecule has 2 aromatic heterocycles. The molecule has 6 heteroatoms. The highest BCUT2D eigenvalue weighted by Gasteiger charge is 2.34. The SMILES string of the molecule is C=C(C)CN(CC)c1nc(CN2CC3CC(C2)c2cccc(=O)n2C3)nc2ccccc12. The third-order valence-electron chi connectivity index (χ3n) is 6.69. The number of fused-ring (bicyclic) bond motifs is 5. The van der Waals surface area contributed by atoms with Crippen molar-refractivity contribution in [3.05, 3.63) is 76.5 Å². The van der Waals surface area contributed by atoms with Crippen LogP contribution in [0.1, 0.15) is 37.7 Å². The summed E-state index contributed by atoms with van der Waals surface area (Å²) >= 11 is 0. The van der Waals surface area contributed by atoms with Crippen LogP contribution in [0, 0.1) is 5.92 Å². The second kappa shape index (κ2) is 8.51. The fourth-order valence-corrected chi connectivity index (χ4v) is 5.41. The van der Waals surface area contributed by atoms with Gasteiger partial charge < -0.3 is 9.47 Å². The van der Waals surface area contributed by atoms with Gasteiger partial charge in [-0.05, 0) is 44.4 Å². The molecule has 1 aromatic carbocycles. The van der Waals surface area contributed by atoms with Gasteiger partial charge in [-0.3, -0.25) is 9.69 Å². The lowest BCUT2D eigenvalue weighted by Crippen LogP contribution is -2.46. The zero-order valence-electron chi connectivity index (χ0n) is 19.0. The lowest BCUT2D eigenvalue weighted by molar-refractivity contribution is 0.112. The number of para-hydroxylation sites is 1. The van der Waals surface area contributed by atoms with Crippen LogP contribution in [0.25, 0.3) is 10.9 Å². The number of benzene rings is 1. The molecule has 2 unspecified atom stereocenters. The Balaban J connectivity index is 1.45. The van der Waals surface area contributed by atoms with E-state index in [1.807, 2.05) is 16.7 Å². The van der Waals surface area contributed by atoms with Crippen molar-refractivity contribution in [3.63, 3.8) is 0 Å². The number of piperidine rings is 1. The fourth-order valence-electron chi connectivity index (χ4n) is 5.41. The lowest BCUT2D eigenvalue weighted by atomic mass is 9.83. The van der Waals surface area contributed by atoms with E-state index in [1.165, 1.54) is 5.69 Å². The van der Waals surface area contributed by atoms with Gasteiger partial charge in [0.25, 0.3) is 5.56 Å². The van der Waals surface area contributed by atoms with Gasteiger partial charge in [0, 0.05) is 55.8 Å². The average molecular weight is 430 g/mol. The Hall–Kier alpha value is -2.99. The molecule has 6 nitrogen and oxygen atoms in total. The lowest BCUT2D eigenvalue weighted by Gasteiger charge is -2.42. The molecule has 0 N–H and O–H groups in total. The number of likely N-dealkylation sites (N-methyl/N-ethyl adjacent to an activating group) is 1. The first-order valence-electron chi connectivity index (χ1n) is 11.6. The molecular formula is C26H31N5O. The van der Waals surface area contributed by atoms with Crippen molar-refractivity contribution in [1.29, 1.82) is 0 Å². The Morgan fingerprint density at radius 3 is 2.78 bits per heavy atom. The molecule has 2 bridgehead atoms. The molecular weight excluding hydrogens is 398 g/mol. The Morgan fingerprint density at radius 2 is 1.97 bits per heavy atom. The van der Waals surface area contributed by atoms with E-state index in [-0.39, 0.29) is 5.56 Å². The molecule has 5 rings (SSSR count). The highest BCUT2D eigenvalue weighted by atomic mass is 16.1. The van der Waals surface area contributed by atoms with Crippen LogP contribution in [0.2, 0.25) is 0 Å². The topological polar surface area (TPSA) is 54.3 Å². The summed E-state index contributed by atoms with van der Waals surface area (Å²) in [6.07, 6.45) is 1.16. The first-order valence-corrected chi connectivity index (χ1v) is 11.6. The van der Waals surface area contributed by atoms with Gasteiger partial charge in [-0.15, -0.1) is 0 Å². The van der Waals surface area contributed by atoms with Gasteiger partial charge in [0.05, 0.1) is 12.1 Å². The van der Waals surface area contributed by atoms with Gasteiger partial charge in [0.1, 0.15) is 11.6 Å². The van der Waals surface area contributed by atoms with E-state index in [0.717, 1.165) is 73.8 Å². The molecule has 0 aliphatic carbocycles. The molecule has 0 radical (unpaired) electrons. The van der Waals surface area contributed by atoms with E-state index < -0.39 is 0 Å². The minimum absolute atomic E-state index is 0.130. The first kappa shape index (κ1) is 20.9. The number of likely N-dealkylation sites (tertiary alicyclic amines) is 1. The molecule has 4 heterocycles. The third kappa shape index (κ3) is 3.95. The van der Waals surface area contributed by atoms with Crippen LogP contribution in [0.4, 0.5) is 5.82 Å². The second-order valence-corrected chi connectivity index (χ2v) is 9.34. The van der Waals surface area contributed by atoms with Crippen LogP contribution in [-0.2, 0) is 13.1 Å². The highest BCUT2D eigenvalue weighted by molar-refractivity contribution is 5.89. The maximum Gasteiger partial charge on any atom is 0.250 e. The molecule has 2 aliphatic heterocycles. The van der Waals surface area contributed by atoms with Gasteiger partial charge in [-0.2, -0.15) is 0 Å². The number of nitrogens with zero attached hydrogens (tertiary/aromatic N) is 5. The minimum Gasteiger partial charge on any atom is -0.352 e. The van der Waals surface area contributed by atoms with E-state index in [1.54, 1.807) is 6.07 Å². The van der Waals surface area contributed by atoms with Crippen LogP contribution in [0.3, 0.4) is 0 Å². The third-order valence-corrected chi connectivity index (χ3v) is 6.69. The monoisotopic (exact) mass is 429 g/mol. The van der Waals surface area contributed by atoms with Gasteiger partial charge in [0.15, 0.2) is 0 Å². The summed E-state index contributed by atoms with van der Waals surface area (Å²) in [4.78, 5) is 27.0. The average Bonchev–Trinajstić information content (AvgIpc) is 2.77. The molecule has 2 atom stereocenters. The Bertz CT molecular complexity index is 1220. The largest absolute Gasteiger partial charge is 0.352 e. The smallest absolute Gasteiger partial charge is 0.250 e. The van der Waals surface area contributed by atoms with Crippen LogP contribution in [0.15, 0.2) is 59.4 Å². The molecule has 0 spiro atoms. The van der Waals surface area contributed by atoms with E-state index in [0.29, 0.717) is 11.8 Å². The van der Waals surface area contributed by atoms with E-state index in [4.69, 9.17) is 9.97 Å². The summed E-state index contributed by atoms with van der Waals surface area (Å²) in [6, 6.07) is 14.0. The quantitative estimate of drug-likeness (QED) is 0.558. The minimum atomic E-state index is 0.130. The number of rotatable bonds is 6. The molecule has 3 aromatic rings. The van der Waals surface area contributed by atoms with Crippen molar-refractivity contribution in [2.45, 2.75) is 39.3 Å². The molecule has 0 saturated carbocycles. The predicted octanol–water partition coefficient (Wildman–Crippen LogP) is 3.81. The number of aromatic nitrogens is 3. The summed E-state index contributed by atoms with van der Waals surface area (Å²) in [6.45, 7) is 13.4. The molecule has 0 amide bonds. The second-order valence-electron chi connectivity index (χ2n) is 9.34. The predicted molar refractivity (Wildman–Crippen MR) is 129 cm³/mol. The summed E-state index contributed by atoms with van der Waals surface area (Å²) in [5, 5.41) is 1.09. The molecule has 1 fully saturated rings. The number of anilines is 1. The maximum absolute atomic E-state index is 12.3. The fraction of sp³-hybridized carbons (Fsp3) is 0.423. The number of hydrogen-bond acceptors (Lipinski definition) is 5. The summed E-state index contributed by atoms with van der Waals surface area (Å²) in [5.41, 5.74) is 3.41. The van der Waals surface area contributed by atoms with Crippen LogP contribution >= 0.6 is 0 Å². The molecule has 1 saturated heterocycles. The molecule has 32 heavy (non-hydrogen) atoms. The summed E-state index contributed by atoms with van der Waals surface area (Å²) in [7, 11) is 0. The van der Waals surface area contributed by atoms with Crippen LogP contribution in [0.5, 0.6) is 0 Å². The maximum atomic E-state index is 12.3. The van der Waals surface area contributed by atoms with E-state index >= 15 is 0 Å². The Kier molecular flexibility index (Phi) is 5.55. The Labute approximate surface area is 189 Å². The normalized spacial score (nSPS) is 20.2. The van der Waals surface area contributed by atoms with Crippen LogP contribution < -0.4 is 10.5 Å². The zero-order valence-corrected chi connectivity index (χ0v) is 19.0. The van der Waals surface area contributed by atoms with Gasteiger partial charge in [-0.25, -0.2) is 9.97 Å². The van der Waals surface area contributed by atoms with Crippen molar-refractivity contribution in [2.75, 3.05) is 31.1 Å². The standard InChI is InChI=1S/C26H31N5O/c1-4-30(13-18(2)3)26-21-8-5-6-9-22(21)27-24(28-26)17-29-14-19-12-20(16-29)23-10-7-11-25(32)31(23)15-19/h5-11,19-20H,2,4,12-17H2,1,3H3. The zero-order chi connectivity index (χ0) is 22.2. The van der Waals surface area contributed by atoms with Crippen molar-refractivity contribution in [3.8, 4) is 0 Å². The first-order chi connectivity index (χ1) is 15.5. The number of hydrogen-bond donors (Lipinski definition) is 0. The van der Waals surface area contributed by atoms with Gasteiger partial charge in [-0.1, -0.05) is 30.4 Å². The number of pyridine rings is 1. The van der Waals surface area contributed by atoms with E-state index in [9.17, 15) is 4.79 Å². The van der Waals surface area contributed by atoms with Crippen molar-refractivity contribution >= 4 is 16.7 Å².